The Morgan fingerprint density at radius 1 is 1.20 bits per heavy atom. The van der Waals surface area contributed by atoms with Gasteiger partial charge in [-0.3, -0.25) is 4.90 Å². The quantitative estimate of drug-likeness (QED) is 0.452. The highest BCUT2D eigenvalue weighted by Gasteiger charge is 2.00. The van der Waals surface area contributed by atoms with E-state index in [0.29, 0.717) is 0 Å². The first kappa shape index (κ1) is 11.7. The molecule has 0 saturated carbocycles. The van der Waals surface area contributed by atoms with Crippen molar-refractivity contribution in [2.45, 2.75) is 20.4 Å². The Kier molecular flexibility index (Phi) is 4.84. The summed E-state index contributed by atoms with van der Waals surface area (Å²) >= 11 is 0. The van der Waals surface area contributed by atoms with Crippen molar-refractivity contribution in [2.75, 3.05) is 13.1 Å². The minimum absolute atomic E-state index is 1.01. The number of hydrazone groups is 1. The summed E-state index contributed by atoms with van der Waals surface area (Å²) in [5, 5.41) is 3.49. The Labute approximate surface area is 91.6 Å². The first-order chi connectivity index (χ1) is 7.30. The zero-order valence-electron chi connectivity index (χ0n) is 9.48. The van der Waals surface area contributed by atoms with E-state index in [1.165, 1.54) is 5.56 Å². The Morgan fingerprint density at radius 3 is 2.27 bits per heavy atom. The van der Waals surface area contributed by atoms with Gasteiger partial charge in [0, 0.05) is 6.54 Å². The van der Waals surface area contributed by atoms with Gasteiger partial charge in [-0.15, -0.1) is 0 Å². The van der Waals surface area contributed by atoms with E-state index >= 15 is 0 Å². The van der Waals surface area contributed by atoms with Crippen molar-refractivity contribution in [3.63, 3.8) is 0 Å². The van der Waals surface area contributed by atoms with Crippen LogP contribution in [-0.4, -0.2) is 24.2 Å². The number of benzene rings is 1. The number of hydrogen-bond donors (Lipinski definition) is 1. The minimum Gasteiger partial charge on any atom is -0.323 e. The molecule has 0 bridgehead atoms. The predicted octanol–water partition coefficient (Wildman–Crippen LogP) is 1.82. The highest BCUT2D eigenvalue weighted by molar-refractivity contribution is 5.79. The summed E-state index contributed by atoms with van der Waals surface area (Å²) in [6.45, 7) is 7.54. The zero-order valence-corrected chi connectivity index (χ0v) is 9.48. The van der Waals surface area contributed by atoms with Crippen molar-refractivity contribution in [2.24, 2.45) is 10.9 Å². The summed E-state index contributed by atoms with van der Waals surface area (Å²) in [6.07, 6.45) is 1.65. The first-order valence-electron chi connectivity index (χ1n) is 5.34. The molecule has 0 aliphatic carbocycles. The second kappa shape index (κ2) is 6.19. The number of hydrogen-bond acceptors (Lipinski definition) is 3. The highest BCUT2D eigenvalue weighted by Crippen LogP contribution is 2.06. The fraction of sp³-hybridized carbons (Fsp3) is 0.417. The van der Waals surface area contributed by atoms with E-state index in [-0.39, 0.29) is 0 Å². The fourth-order valence-corrected chi connectivity index (χ4v) is 1.50. The van der Waals surface area contributed by atoms with Gasteiger partial charge in [-0.1, -0.05) is 38.1 Å². The van der Waals surface area contributed by atoms with E-state index in [0.717, 1.165) is 25.2 Å². The Morgan fingerprint density at radius 2 is 1.80 bits per heavy atom. The van der Waals surface area contributed by atoms with Crippen LogP contribution in [0.5, 0.6) is 0 Å². The lowest BCUT2D eigenvalue weighted by molar-refractivity contribution is 0.296. The van der Waals surface area contributed by atoms with Gasteiger partial charge in [0.1, 0.15) is 0 Å². The molecule has 15 heavy (non-hydrogen) atoms. The van der Waals surface area contributed by atoms with Crippen LogP contribution in [0.4, 0.5) is 0 Å². The van der Waals surface area contributed by atoms with Crippen molar-refractivity contribution in [3.05, 3.63) is 35.4 Å². The average molecular weight is 205 g/mol. The van der Waals surface area contributed by atoms with Crippen molar-refractivity contribution in [1.29, 1.82) is 0 Å². The predicted molar refractivity (Wildman–Crippen MR) is 64.8 cm³/mol. The molecule has 0 aliphatic rings. The van der Waals surface area contributed by atoms with E-state index in [1.807, 2.05) is 12.1 Å². The van der Waals surface area contributed by atoms with Crippen LogP contribution in [0.3, 0.4) is 0 Å². The van der Waals surface area contributed by atoms with E-state index < -0.39 is 0 Å². The molecule has 82 valence electrons. The molecule has 3 nitrogen and oxygen atoms in total. The lowest BCUT2D eigenvalue weighted by atomic mass is 10.1. The van der Waals surface area contributed by atoms with E-state index in [2.05, 4.69) is 36.0 Å². The van der Waals surface area contributed by atoms with Gasteiger partial charge in [0.05, 0.1) is 6.21 Å². The second-order valence-electron chi connectivity index (χ2n) is 3.48. The van der Waals surface area contributed by atoms with Crippen LogP contribution in [0.1, 0.15) is 25.0 Å². The second-order valence-corrected chi connectivity index (χ2v) is 3.48. The molecule has 0 radical (unpaired) electrons. The summed E-state index contributed by atoms with van der Waals surface area (Å²) in [5.74, 6) is 5.08. The van der Waals surface area contributed by atoms with Crippen LogP contribution in [0.25, 0.3) is 0 Å². The van der Waals surface area contributed by atoms with Gasteiger partial charge in [0.15, 0.2) is 0 Å². The van der Waals surface area contributed by atoms with Crippen molar-refractivity contribution in [1.82, 2.24) is 4.90 Å². The van der Waals surface area contributed by atoms with Crippen molar-refractivity contribution in [3.8, 4) is 0 Å². The normalized spacial score (nSPS) is 11.4. The maximum absolute atomic E-state index is 5.08. The van der Waals surface area contributed by atoms with E-state index in [1.54, 1.807) is 6.21 Å². The number of nitrogens with zero attached hydrogens (tertiary/aromatic N) is 2. The SMILES string of the molecule is CCN(CC)Cc1ccc(C=NN)cc1. The van der Waals surface area contributed by atoms with Gasteiger partial charge in [0.2, 0.25) is 0 Å². The van der Waals surface area contributed by atoms with Crippen LogP contribution < -0.4 is 5.84 Å². The summed E-state index contributed by atoms with van der Waals surface area (Å²) in [6, 6.07) is 8.31. The molecule has 0 spiro atoms. The van der Waals surface area contributed by atoms with Crippen LogP contribution in [0, 0.1) is 0 Å². The third-order valence-electron chi connectivity index (χ3n) is 2.50. The Balaban J connectivity index is 2.63. The molecule has 0 unspecified atom stereocenters. The number of nitrogens with two attached hydrogens (primary N) is 1. The molecule has 0 saturated heterocycles. The zero-order chi connectivity index (χ0) is 11.1. The molecule has 0 heterocycles. The van der Waals surface area contributed by atoms with Gasteiger partial charge in [-0.05, 0) is 24.2 Å². The summed E-state index contributed by atoms with van der Waals surface area (Å²) in [5.41, 5.74) is 2.37. The Bertz CT molecular complexity index is 299. The lowest BCUT2D eigenvalue weighted by Crippen LogP contribution is -2.21. The fourth-order valence-electron chi connectivity index (χ4n) is 1.50. The monoisotopic (exact) mass is 205 g/mol. The van der Waals surface area contributed by atoms with Crippen molar-refractivity contribution < 1.29 is 0 Å². The van der Waals surface area contributed by atoms with Gasteiger partial charge in [-0.2, -0.15) is 5.10 Å². The van der Waals surface area contributed by atoms with E-state index in [9.17, 15) is 0 Å². The van der Waals surface area contributed by atoms with Crippen LogP contribution in [-0.2, 0) is 6.54 Å². The molecule has 0 amide bonds. The van der Waals surface area contributed by atoms with E-state index in [4.69, 9.17) is 5.84 Å². The van der Waals surface area contributed by atoms with Gasteiger partial charge >= 0.3 is 0 Å². The minimum atomic E-state index is 1.01. The lowest BCUT2D eigenvalue weighted by Gasteiger charge is -2.17. The van der Waals surface area contributed by atoms with Gasteiger partial charge in [-0.25, -0.2) is 0 Å². The average Bonchev–Trinajstić information content (AvgIpc) is 2.28. The molecule has 3 heteroatoms. The topological polar surface area (TPSA) is 41.6 Å². The molecule has 1 aromatic rings. The maximum Gasteiger partial charge on any atom is 0.0538 e. The third kappa shape index (κ3) is 3.72. The molecule has 1 aromatic carbocycles. The molecule has 0 aromatic heterocycles. The van der Waals surface area contributed by atoms with Crippen LogP contribution >= 0.6 is 0 Å². The Hall–Kier alpha value is -1.35. The highest BCUT2D eigenvalue weighted by atomic mass is 15.1. The summed E-state index contributed by atoms with van der Waals surface area (Å²) < 4.78 is 0. The van der Waals surface area contributed by atoms with Crippen LogP contribution in [0.15, 0.2) is 29.4 Å². The molecule has 0 atom stereocenters. The maximum atomic E-state index is 5.08. The molecule has 1 rings (SSSR count). The molecular weight excluding hydrogens is 186 g/mol. The van der Waals surface area contributed by atoms with Gasteiger partial charge in [0.25, 0.3) is 0 Å². The molecule has 0 aliphatic heterocycles. The third-order valence-corrected chi connectivity index (χ3v) is 2.50. The summed E-state index contributed by atoms with van der Waals surface area (Å²) in [7, 11) is 0. The standard InChI is InChI=1S/C12H19N3/c1-3-15(4-2)10-12-7-5-11(6-8-12)9-14-13/h5-9H,3-4,10,13H2,1-2H3. The summed E-state index contributed by atoms with van der Waals surface area (Å²) in [4.78, 5) is 2.38. The largest absolute Gasteiger partial charge is 0.323 e. The smallest absolute Gasteiger partial charge is 0.0538 e. The molecule has 0 fully saturated rings. The first-order valence-corrected chi connectivity index (χ1v) is 5.34. The van der Waals surface area contributed by atoms with Gasteiger partial charge < -0.3 is 5.84 Å². The molecular formula is C12H19N3. The molecule has 2 N–H and O–H groups in total. The van der Waals surface area contributed by atoms with Crippen LogP contribution in [0.2, 0.25) is 0 Å². The van der Waals surface area contributed by atoms with Crippen molar-refractivity contribution >= 4 is 6.21 Å². The number of rotatable bonds is 5.